The molecule has 0 radical (unpaired) electrons. The van der Waals surface area contributed by atoms with Crippen LogP contribution >= 0.6 is 24.0 Å². The average Bonchev–Trinajstić information content (AvgIpc) is 3.16. The van der Waals surface area contributed by atoms with Crippen LogP contribution in [0.25, 0.3) is 6.08 Å². The number of hydrogen-bond acceptors (Lipinski definition) is 6. The fourth-order valence-electron chi connectivity index (χ4n) is 3.95. The van der Waals surface area contributed by atoms with Crippen molar-refractivity contribution in [3.05, 3.63) is 93.9 Å². The summed E-state index contributed by atoms with van der Waals surface area (Å²) >= 11 is 6.75. The second-order valence-electron chi connectivity index (χ2n) is 8.58. The number of para-hydroxylation sites is 1. The molecule has 37 heavy (non-hydrogen) atoms. The van der Waals surface area contributed by atoms with Crippen LogP contribution < -0.4 is 14.8 Å². The molecule has 1 aliphatic heterocycles. The number of nitrogens with zero attached hydrogens (tertiary/aromatic N) is 1. The van der Waals surface area contributed by atoms with Gasteiger partial charge in [0.05, 0.1) is 12.0 Å². The first kappa shape index (κ1) is 26.4. The van der Waals surface area contributed by atoms with Crippen molar-refractivity contribution in [2.75, 3.05) is 25.6 Å². The Labute approximate surface area is 226 Å². The van der Waals surface area contributed by atoms with Crippen LogP contribution in [0.3, 0.4) is 0 Å². The Morgan fingerprint density at radius 1 is 1.03 bits per heavy atom. The quantitative estimate of drug-likeness (QED) is 0.279. The van der Waals surface area contributed by atoms with E-state index in [4.69, 9.17) is 21.7 Å². The zero-order valence-corrected chi connectivity index (χ0v) is 22.6. The molecule has 1 N–H and O–H groups in total. The first-order valence-electron chi connectivity index (χ1n) is 11.8. The van der Waals surface area contributed by atoms with Crippen LogP contribution in [0.2, 0.25) is 0 Å². The van der Waals surface area contributed by atoms with Gasteiger partial charge >= 0.3 is 0 Å². The van der Waals surface area contributed by atoms with Gasteiger partial charge in [0.15, 0.2) is 18.1 Å². The number of carbonyl (C=O) groups is 2. The fourth-order valence-corrected chi connectivity index (χ4v) is 5.26. The summed E-state index contributed by atoms with van der Waals surface area (Å²) in [5, 5.41) is 2.91. The number of aryl methyl sites for hydroxylation is 2. The van der Waals surface area contributed by atoms with E-state index < -0.39 is 0 Å². The summed E-state index contributed by atoms with van der Waals surface area (Å²) in [6.07, 6.45) is 2.53. The SMILES string of the molecule is COc1cc(/C=C2\SC(=S)N(CCc3ccccc3)C2=O)ccc1OCC(=O)Nc1c(C)cccc1C. The molecular weight excluding hydrogens is 504 g/mol. The fraction of sp³-hybridized carbons (Fsp3) is 0.207. The summed E-state index contributed by atoms with van der Waals surface area (Å²) in [5.74, 6) is 0.538. The Hall–Kier alpha value is -3.62. The molecule has 0 aromatic heterocycles. The van der Waals surface area contributed by atoms with E-state index in [9.17, 15) is 9.59 Å². The van der Waals surface area contributed by atoms with E-state index in [0.717, 1.165) is 34.4 Å². The third-order valence-electron chi connectivity index (χ3n) is 5.93. The number of anilines is 1. The summed E-state index contributed by atoms with van der Waals surface area (Å²) in [7, 11) is 1.53. The Bertz CT molecular complexity index is 1340. The molecule has 6 nitrogen and oxygen atoms in total. The molecule has 0 aliphatic carbocycles. The predicted molar refractivity (Wildman–Crippen MR) is 153 cm³/mol. The van der Waals surface area contributed by atoms with Gasteiger partial charge in [0.2, 0.25) is 0 Å². The van der Waals surface area contributed by atoms with Crippen molar-refractivity contribution in [1.29, 1.82) is 0 Å². The van der Waals surface area contributed by atoms with Crippen molar-refractivity contribution in [2.24, 2.45) is 0 Å². The summed E-state index contributed by atoms with van der Waals surface area (Å²) in [5.41, 5.74) is 4.69. The maximum Gasteiger partial charge on any atom is 0.266 e. The summed E-state index contributed by atoms with van der Waals surface area (Å²) in [6.45, 7) is 4.26. The molecule has 0 spiro atoms. The zero-order valence-electron chi connectivity index (χ0n) is 20.9. The van der Waals surface area contributed by atoms with Crippen molar-refractivity contribution in [2.45, 2.75) is 20.3 Å². The van der Waals surface area contributed by atoms with Gasteiger partial charge in [0, 0.05) is 12.2 Å². The summed E-state index contributed by atoms with van der Waals surface area (Å²) in [6, 6.07) is 21.2. The lowest BCUT2D eigenvalue weighted by atomic mass is 10.1. The molecule has 1 aliphatic rings. The molecule has 3 aromatic rings. The Morgan fingerprint density at radius 2 is 1.76 bits per heavy atom. The van der Waals surface area contributed by atoms with Crippen LogP contribution in [0.15, 0.2) is 71.6 Å². The zero-order chi connectivity index (χ0) is 26.4. The first-order chi connectivity index (χ1) is 17.9. The van der Waals surface area contributed by atoms with Crippen LogP contribution in [0.4, 0.5) is 5.69 Å². The van der Waals surface area contributed by atoms with Crippen molar-refractivity contribution in [3.8, 4) is 11.5 Å². The monoisotopic (exact) mass is 532 g/mol. The number of thiocarbonyl (C=S) groups is 1. The maximum atomic E-state index is 13.0. The Balaban J connectivity index is 1.40. The van der Waals surface area contributed by atoms with Crippen molar-refractivity contribution in [1.82, 2.24) is 4.90 Å². The number of ether oxygens (including phenoxy) is 2. The van der Waals surface area contributed by atoms with E-state index in [0.29, 0.717) is 27.3 Å². The van der Waals surface area contributed by atoms with Gasteiger partial charge in [-0.15, -0.1) is 0 Å². The van der Waals surface area contributed by atoms with Gasteiger partial charge in [0.1, 0.15) is 4.32 Å². The average molecular weight is 533 g/mol. The highest BCUT2D eigenvalue weighted by Crippen LogP contribution is 2.35. The maximum absolute atomic E-state index is 13.0. The summed E-state index contributed by atoms with van der Waals surface area (Å²) < 4.78 is 11.8. The Kier molecular flexibility index (Phi) is 8.63. The lowest BCUT2D eigenvalue weighted by Crippen LogP contribution is -2.30. The van der Waals surface area contributed by atoms with Crippen LogP contribution in [-0.2, 0) is 16.0 Å². The molecule has 2 amide bonds. The van der Waals surface area contributed by atoms with Crippen molar-refractivity contribution in [3.63, 3.8) is 0 Å². The molecule has 0 atom stereocenters. The lowest BCUT2D eigenvalue weighted by molar-refractivity contribution is -0.122. The molecule has 0 unspecified atom stereocenters. The molecule has 3 aromatic carbocycles. The number of benzene rings is 3. The summed E-state index contributed by atoms with van der Waals surface area (Å²) in [4.78, 5) is 27.7. The largest absolute Gasteiger partial charge is 0.493 e. The highest BCUT2D eigenvalue weighted by molar-refractivity contribution is 8.26. The second kappa shape index (κ2) is 12.1. The molecule has 1 heterocycles. The Morgan fingerprint density at radius 3 is 2.46 bits per heavy atom. The van der Waals surface area contributed by atoms with Gasteiger partial charge in [-0.1, -0.05) is 78.6 Å². The molecule has 190 valence electrons. The molecule has 0 saturated carbocycles. The lowest BCUT2D eigenvalue weighted by Gasteiger charge is -2.14. The van der Waals surface area contributed by atoms with Gasteiger partial charge in [-0.3, -0.25) is 14.5 Å². The van der Waals surface area contributed by atoms with E-state index in [2.05, 4.69) is 5.32 Å². The number of carbonyl (C=O) groups excluding carboxylic acids is 2. The van der Waals surface area contributed by atoms with E-state index in [1.165, 1.54) is 18.9 Å². The normalized spacial score (nSPS) is 14.2. The smallest absolute Gasteiger partial charge is 0.266 e. The van der Waals surface area contributed by atoms with Gasteiger partial charge in [-0.25, -0.2) is 0 Å². The second-order valence-corrected chi connectivity index (χ2v) is 10.3. The van der Waals surface area contributed by atoms with Crippen LogP contribution in [0.1, 0.15) is 22.3 Å². The minimum atomic E-state index is -0.261. The van der Waals surface area contributed by atoms with Crippen LogP contribution in [-0.4, -0.2) is 41.3 Å². The number of methoxy groups -OCH3 is 1. The van der Waals surface area contributed by atoms with Gasteiger partial charge in [-0.05, 0) is 60.7 Å². The predicted octanol–water partition coefficient (Wildman–Crippen LogP) is 5.77. The molecule has 1 fully saturated rings. The van der Waals surface area contributed by atoms with E-state index in [1.54, 1.807) is 23.1 Å². The topological polar surface area (TPSA) is 67.9 Å². The minimum Gasteiger partial charge on any atom is -0.493 e. The number of thioether (sulfide) groups is 1. The van der Waals surface area contributed by atoms with E-state index in [-0.39, 0.29) is 18.4 Å². The van der Waals surface area contributed by atoms with Crippen LogP contribution in [0, 0.1) is 13.8 Å². The molecule has 4 rings (SSSR count). The molecule has 1 saturated heterocycles. The number of nitrogens with one attached hydrogen (secondary N) is 1. The standard InChI is InChI=1S/C29H28N2O4S2/c1-19-8-7-9-20(2)27(19)30-26(32)18-35-23-13-12-22(16-24(23)34-3)17-25-28(33)31(29(36)37-25)15-14-21-10-5-4-6-11-21/h4-13,16-17H,14-15,18H2,1-3H3,(H,30,32)/b25-17-. The number of hydrogen-bond donors (Lipinski definition) is 1. The van der Waals surface area contributed by atoms with Gasteiger partial charge in [-0.2, -0.15) is 0 Å². The van der Waals surface area contributed by atoms with Crippen molar-refractivity contribution >= 4 is 51.9 Å². The molecular formula is C29H28N2O4S2. The van der Waals surface area contributed by atoms with E-state index >= 15 is 0 Å². The van der Waals surface area contributed by atoms with Gasteiger partial charge < -0.3 is 14.8 Å². The van der Waals surface area contributed by atoms with Crippen molar-refractivity contribution < 1.29 is 19.1 Å². The first-order valence-corrected chi connectivity index (χ1v) is 13.0. The number of rotatable bonds is 9. The van der Waals surface area contributed by atoms with E-state index in [1.807, 2.05) is 68.4 Å². The third-order valence-corrected chi connectivity index (χ3v) is 7.31. The highest BCUT2D eigenvalue weighted by atomic mass is 32.2. The van der Waals surface area contributed by atoms with Gasteiger partial charge in [0.25, 0.3) is 11.8 Å². The number of amides is 2. The minimum absolute atomic E-state index is 0.103. The third kappa shape index (κ3) is 6.58. The molecule has 0 bridgehead atoms. The van der Waals surface area contributed by atoms with Crippen LogP contribution in [0.5, 0.6) is 11.5 Å². The molecule has 8 heteroatoms. The highest BCUT2D eigenvalue weighted by Gasteiger charge is 2.31.